The van der Waals surface area contributed by atoms with Crippen LogP contribution in [0.2, 0.25) is 0 Å². The quantitative estimate of drug-likeness (QED) is 0.554. The third-order valence-corrected chi connectivity index (χ3v) is 7.08. The third kappa shape index (κ3) is 5.40. The number of nitrogens with zero attached hydrogens (tertiary/aromatic N) is 5. The molecule has 6 nitrogen and oxygen atoms in total. The molecule has 0 saturated carbocycles. The first-order valence-corrected chi connectivity index (χ1v) is 12.2. The van der Waals surface area contributed by atoms with Gasteiger partial charge in [0.1, 0.15) is 5.75 Å². The van der Waals surface area contributed by atoms with Crippen molar-refractivity contribution in [3.63, 3.8) is 0 Å². The molecule has 2 aliphatic rings. The van der Waals surface area contributed by atoms with E-state index in [9.17, 15) is 0 Å². The summed E-state index contributed by atoms with van der Waals surface area (Å²) in [5, 5.41) is 4.36. The molecule has 0 amide bonds. The van der Waals surface area contributed by atoms with Crippen molar-refractivity contribution in [1.29, 1.82) is 0 Å². The van der Waals surface area contributed by atoms with E-state index >= 15 is 0 Å². The fourth-order valence-electron chi connectivity index (χ4n) is 5.34. The summed E-state index contributed by atoms with van der Waals surface area (Å²) in [6.07, 6.45) is 6.41. The number of ether oxygens (including phenoxy) is 1. The third-order valence-electron chi connectivity index (χ3n) is 7.08. The molecule has 5 rings (SSSR count). The van der Waals surface area contributed by atoms with E-state index in [0.29, 0.717) is 6.04 Å². The van der Waals surface area contributed by atoms with E-state index in [1.807, 2.05) is 23.1 Å². The lowest BCUT2D eigenvalue weighted by Crippen LogP contribution is -2.55. The molecule has 33 heavy (non-hydrogen) atoms. The molecule has 1 atom stereocenters. The van der Waals surface area contributed by atoms with E-state index in [-0.39, 0.29) is 0 Å². The lowest BCUT2D eigenvalue weighted by molar-refractivity contribution is 0.0887. The summed E-state index contributed by atoms with van der Waals surface area (Å²) < 4.78 is 7.56. The number of piperazine rings is 1. The van der Waals surface area contributed by atoms with Gasteiger partial charge in [0, 0.05) is 69.0 Å². The van der Waals surface area contributed by atoms with Gasteiger partial charge in [-0.25, -0.2) is 0 Å². The van der Waals surface area contributed by atoms with Crippen molar-refractivity contribution < 1.29 is 4.74 Å². The van der Waals surface area contributed by atoms with Crippen LogP contribution in [0.15, 0.2) is 67.0 Å². The zero-order valence-corrected chi connectivity index (χ0v) is 19.6. The molecular formula is C27H35N5O. The van der Waals surface area contributed by atoms with Gasteiger partial charge in [-0.1, -0.05) is 24.3 Å². The topological polar surface area (TPSA) is 36.8 Å². The summed E-state index contributed by atoms with van der Waals surface area (Å²) in [5.41, 5.74) is 3.89. The zero-order valence-electron chi connectivity index (χ0n) is 19.6. The van der Waals surface area contributed by atoms with E-state index in [2.05, 4.69) is 68.3 Å². The van der Waals surface area contributed by atoms with Gasteiger partial charge in [0.25, 0.3) is 0 Å². The number of hydrogen-bond acceptors (Lipinski definition) is 5. The van der Waals surface area contributed by atoms with Crippen LogP contribution in [0.4, 0.5) is 5.69 Å². The smallest absolute Gasteiger partial charge is 0.123 e. The number of likely N-dealkylation sites (tertiary alicyclic amines) is 1. The molecule has 2 saturated heterocycles. The predicted molar refractivity (Wildman–Crippen MR) is 133 cm³/mol. The van der Waals surface area contributed by atoms with Crippen LogP contribution in [-0.4, -0.2) is 72.0 Å². The summed E-state index contributed by atoms with van der Waals surface area (Å²) in [4.78, 5) is 7.88. The number of hydrogen-bond donors (Lipinski definition) is 0. The second-order valence-electron chi connectivity index (χ2n) is 9.24. The van der Waals surface area contributed by atoms with Gasteiger partial charge in [-0.3, -0.25) is 14.5 Å². The van der Waals surface area contributed by atoms with Crippen molar-refractivity contribution in [2.75, 3.05) is 51.3 Å². The molecule has 174 valence electrons. The zero-order chi connectivity index (χ0) is 22.5. The Morgan fingerprint density at radius 1 is 0.939 bits per heavy atom. The molecule has 0 N–H and O–H groups in total. The fraction of sp³-hybridized carbons (Fsp3) is 0.444. The molecule has 1 aromatic heterocycles. The lowest BCUT2D eigenvalue weighted by atomic mass is 10.0. The molecule has 3 aromatic rings. The average Bonchev–Trinajstić information content (AvgIpc) is 3.38. The fourth-order valence-corrected chi connectivity index (χ4v) is 5.34. The number of aromatic nitrogens is 2. The van der Waals surface area contributed by atoms with Crippen LogP contribution in [0.1, 0.15) is 24.0 Å². The minimum absolute atomic E-state index is 0.665. The number of benzene rings is 2. The van der Waals surface area contributed by atoms with Crippen LogP contribution in [0.25, 0.3) is 0 Å². The molecule has 3 heterocycles. The normalized spacial score (nSPS) is 20.2. The van der Waals surface area contributed by atoms with E-state index in [0.717, 1.165) is 51.6 Å². The summed E-state index contributed by atoms with van der Waals surface area (Å²) in [6, 6.07) is 20.1. The maximum absolute atomic E-state index is 5.61. The van der Waals surface area contributed by atoms with Crippen LogP contribution in [0.5, 0.6) is 5.75 Å². The number of methoxy groups -OCH3 is 1. The molecular weight excluding hydrogens is 410 g/mol. The van der Waals surface area contributed by atoms with Crippen LogP contribution >= 0.6 is 0 Å². The number of anilines is 1. The van der Waals surface area contributed by atoms with Crippen LogP contribution < -0.4 is 9.64 Å². The standard InChI is InChI=1S/C27H35N5O/c1-33-27-11-10-23(19-24(27)21-32-14-6-12-28-32)20-29-13-5-9-26(22-29)31-17-15-30(16-18-31)25-7-3-2-4-8-25/h2-4,6-8,10-12,14,19,26H,5,9,13,15-18,20-22H2,1H3/t26-/m0/s1. The second-order valence-corrected chi connectivity index (χ2v) is 9.24. The minimum atomic E-state index is 0.665. The number of piperidine rings is 1. The van der Waals surface area contributed by atoms with E-state index < -0.39 is 0 Å². The van der Waals surface area contributed by atoms with Gasteiger partial charge in [-0.2, -0.15) is 5.10 Å². The Morgan fingerprint density at radius 2 is 1.79 bits per heavy atom. The SMILES string of the molecule is COc1ccc(CN2CCC[C@H](N3CCN(c4ccccc4)CC3)C2)cc1Cn1cccn1. The molecule has 0 bridgehead atoms. The lowest BCUT2D eigenvalue weighted by Gasteiger charge is -2.44. The Labute approximate surface area is 197 Å². The summed E-state index contributed by atoms with van der Waals surface area (Å²) >= 11 is 0. The highest BCUT2D eigenvalue weighted by molar-refractivity contribution is 5.46. The van der Waals surface area contributed by atoms with Gasteiger partial charge in [0.15, 0.2) is 0 Å². The number of para-hydroxylation sites is 1. The Kier molecular flexibility index (Phi) is 6.93. The van der Waals surface area contributed by atoms with Crippen molar-refractivity contribution >= 4 is 5.69 Å². The van der Waals surface area contributed by atoms with E-state index in [1.165, 1.54) is 36.2 Å². The monoisotopic (exact) mass is 445 g/mol. The predicted octanol–water partition coefficient (Wildman–Crippen LogP) is 3.73. The van der Waals surface area contributed by atoms with E-state index in [4.69, 9.17) is 4.74 Å². The summed E-state index contributed by atoms with van der Waals surface area (Å²) in [6.45, 7) is 8.63. The second kappa shape index (κ2) is 10.4. The molecule has 0 spiro atoms. The molecule has 0 radical (unpaired) electrons. The molecule has 6 heteroatoms. The van der Waals surface area contributed by atoms with Crippen molar-refractivity contribution in [2.45, 2.75) is 32.0 Å². The number of rotatable bonds is 7. The van der Waals surface area contributed by atoms with Crippen molar-refractivity contribution in [2.24, 2.45) is 0 Å². The van der Waals surface area contributed by atoms with Crippen LogP contribution in [0, 0.1) is 0 Å². The summed E-state index contributed by atoms with van der Waals surface area (Å²) in [5.74, 6) is 0.932. The average molecular weight is 446 g/mol. The van der Waals surface area contributed by atoms with Gasteiger partial charge < -0.3 is 9.64 Å². The van der Waals surface area contributed by atoms with Crippen molar-refractivity contribution in [3.05, 3.63) is 78.1 Å². The minimum Gasteiger partial charge on any atom is -0.496 e. The molecule has 0 aliphatic carbocycles. The maximum atomic E-state index is 5.61. The van der Waals surface area contributed by atoms with Crippen molar-refractivity contribution in [3.8, 4) is 5.75 Å². The molecule has 2 fully saturated rings. The highest BCUT2D eigenvalue weighted by Crippen LogP contribution is 2.25. The Morgan fingerprint density at radius 3 is 2.55 bits per heavy atom. The Balaban J connectivity index is 1.18. The summed E-state index contributed by atoms with van der Waals surface area (Å²) in [7, 11) is 1.74. The van der Waals surface area contributed by atoms with Gasteiger partial charge in [0.05, 0.1) is 13.7 Å². The maximum Gasteiger partial charge on any atom is 0.123 e. The Bertz CT molecular complexity index is 999. The van der Waals surface area contributed by atoms with Crippen molar-refractivity contribution in [1.82, 2.24) is 19.6 Å². The highest BCUT2D eigenvalue weighted by atomic mass is 16.5. The van der Waals surface area contributed by atoms with Gasteiger partial charge >= 0.3 is 0 Å². The first-order valence-electron chi connectivity index (χ1n) is 12.2. The largest absolute Gasteiger partial charge is 0.496 e. The molecule has 0 unspecified atom stereocenters. The first kappa shape index (κ1) is 22.0. The van der Waals surface area contributed by atoms with Gasteiger partial charge in [-0.05, 0) is 55.3 Å². The highest BCUT2D eigenvalue weighted by Gasteiger charge is 2.28. The van der Waals surface area contributed by atoms with Crippen LogP contribution in [-0.2, 0) is 13.1 Å². The molecule has 2 aromatic carbocycles. The Hall–Kier alpha value is -2.83. The van der Waals surface area contributed by atoms with Gasteiger partial charge in [0.2, 0.25) is 0 Å². The van der Waals surface area contributed by atoms with E-state index in [1.54, 1.807) is 7.11 Å². The van der Waals surface area contributed by atoms with Crippen LogP contribution in [0.3, 0.4) is 0 Å². The van der Waals surface area contributed by atoms with Gasteiger partial charge in [-0.15, -0.1) is 0 Å². The molecule has 2 aliphatic heterocycles. The first-order chi connectivity index (χ1) is 16.3.